The molecule has 0 aliphatic carbocycles. The van der Waals surface area contributed by atoms with Gasteiger partial charge in [-0.25, -0.2) is 0 Å². The Morgan fingerprint density at radius 3 is 3.04 bits per heavy atom. The number of carbonyl (C=O) groups is 1. The number of fused-ring (bicyclic) bond motifs is 1. The van der Waals surface area contributed by atoms with Crippen molar-refractivity contribution in [2.75, 3.05) is 6.54 Å². The number of amides is 1. The SMILES string of the molecule is CC(C)CNC(=O)CCc1nc(-c2ccc3cc[nH]c3c2)no1. The zero-order chi connectivity index (χ0) is 16.2. The summed E-state index contributed by atoms with van der Waals surface area (Å²) in [5, 5.41) is 8.01. The van der Waals surface area contributed by atoms with Gasteiger partial charge in [0.05, 0.1) is 0 Å². The van der Waals surface area contributed by atoms with Crippen LogP contribution in [0.5, 0.6) is 0 Å². The molecule has 6 heteroatoms. The molecule has 23 heavy (non-hydrogen) atoms. The van der Waals surface area contributed by atoms with Gasteiger partial charge in [0.25, 0.3) is 0 Å². The maximum atomic E-state index is 11.7. The van der Waals surface area contributed by atoms with Gasteiger partial charge in [-0.2, -0.15) is 4.98 Å². The minimum absolute atomic E-state index is 0.00579. The molecule has 2 heterocycles. The lowest BCUT2D eigenvalue weighted by molar-refractivity contribution is -0.121. The molecule has 0 saturated carbocycles. The highest BCUT2D eigenvalue weighted by Gasteiger charge is 2.11. The molecule has 0 fully saturated rings. The highest BCUT2D eigenvalue weighted by Crippen LogP contribution is 2.21. The summed E-state index contributed by atoms with van der Waals surface area (Å²) in [6.07, 6.45) is 2.69. The monoisotopic (exact) mass is 312 g/mol. The summed E-state index contributed by atoms with van der Waals surface area (Å²) in [6, 6.07) is 7.96. The maximum absolute atomic E-state index is 11.7. The third kappa shape index (κ3) is 3.77. The number of aromatic nitrogens is 3. The lowest BCUT2D eigenvalue weighted by Crippen LogP contribution is -2.27. The molecular formula is C17H20N4O2. The van der Waals surface area contributed by atoms with Crippen LogP contribution in [0, 0.1) is 5.92 Å². The van der Waals surface area contributed by atoms with Crippen LogP contribution in [-0.4, -0.2) is 27.6 Å². The second kappa shape index (κ2) is 6.64. The predicted molar refractivity (Wildman–Crippen MR) is 87.8 cm³/mol. The summed E-state index contributed by atoms with van der Waals surface area (Å²) >= 11 is 0. The minimum atomic E-state index is 0.00579. The van der Waals surface area contributed by atoms with Gasteiger partial charge < -0.3 is 14.8 Å². The van der Waals surface area contributed by atoms with Crippen LogP contribution in [0.25, 0.3) is 22.3 Å². The zero-order valence-corrected chi connectivity index (χ0v) is 13.3. The van der Waals surface area contributed by atoms with Crippen molar-refractivity contribution in [1.82, 2.24) is 20.4 Å². The third-order valence-electron chi connectivity index (χ3n) is 3.55. The first-order valence-corrected chi connectivity index (χ1v) is 7.78. The fourth-order valence-corrected chi connectivity index (χ4v) is 2.29. The highest BCUT2D eigenvalue weighted by atomic mass is 16.5. The van der Waals surface area contributed by atoms with Crippen LogP contribution in [0.3, 0.4) is 0 Å². The van der Waals surface area contributed by atoms with E-state index in [1.165, 1.54) is 0 Å². The summed E-state index contributed by atoms with van der Waals surface area (Å²) in [6.45, 7) is 4.81. The number of carbonyl (C=O) groups excluding carboxylic acids is 1. The molecule has 3 rings (SSSR count). The second-order valence-electron chi connectivity index (χ2n) is 5.99. The first-order chi connectivity index (χ1) is 11.1. The maximum Gasteiger partial charge on any atom is 0.227 e. The van der Waals surface area contributed by atoms with Crippen LogP contribution in [0.4, 0.5) is 0 Å². The van der Waals surface area contributed by atoms with Crippen LogP contribution >= 0.6 is 0 Å². The second-order valence-corrected chi connectivity index (χ2v) is 5.99. The van der Waals surface area contributed by atoms with Gasteiger partial charge >= 0.3 is 0 Å². The standard InChI is InChI=1S/C17H20N4O2/c1-11(2)10-19-15(22)5-6-16-20-17(21-23-16)13-4-3-12-7-8-18-14(12)9-13/h3-4,7-9,11,18H,5-6,10H2,1-2H3,(H,19,22). The molecule has 0 spiro atoms. The van der Waals surface area contributed by atoms with E-state index in [9.17, 15) is 4.79 Å². The molecule has 0 aliphatic rings. The van der Waals surface area contributed by atoms with Gasteiger partial charge in [0.2, 0.25) is 17.6 Å². The van der Waals surface area contributed by atoms with Crippen molar-refractivity contribution in [2.45, 2.75) is 26.7 Å². The first-order valence-electron chi connectivity index (χ1n) is 7.78. The molecule has 120 valence electrons. The van der Waals surface area contributed by atoms with E-state index in [-0.39, 0.29) is 5.91 Å². The Morgan fingerprint density at radius 1 is 1.35 bits per heavy atom. The molecule has 0 atom stereocenters. The highest BCUT2D eigenvalue weighted by molar-refractivity contribution is 5.83. The molecule has 1 amide bonds. The smallest absolute Gasteiger partial charge is 0.227 e. The lowest BCUT2D eigenvalue weighted by atomic mass is 10.1. The minimum Gasteiger partial charge on any atom is -0.361 e. The van der Waals surface area contributed by atoms with Crippen molar-refractivity contribution in [3.05, 3.63) is 36.4 Å². The summed E-state index contributed by atoms with van der Waals surface area (Å²) in [4.78, 5) is 19.2. The average Bonchev–Trinajstić information content (AvgIpc) is 3.18. The Hall–Kier alpha value is -2.63. The van der Waals surface area contributed by atoms with Crippen molar-refractivity contribution < 1.29 is 9.32 Å². The Labute approximate surface area is 134 Å². The number of H-pyrrole nitrogens is 1. The average molecular weight is 312 g/mol. The fraction of sp³-hybridized carbons (Fsp3) is 0.353. The Kier molecular flexibility index (Phi) is 4.41. The fourth-order valence-electron chi connectivity index (χ4n) is 2.29. The van der Waals surface area contributed by atoms with E-state index in [1.54, 1.807) is 0 Å². The molecule has 0 saturated heterocycles. The predicted octanol–water partition coefficient (Wildman–Crippen LogP) is 2.92. The van der Waals surface area contributed by atoms with E-state index in [2.05, 4.69) is 34.3 Å². The quantitative estimate of drug-likeness (QED) is 0.733. The van der Waals surface area contributed by atoms with Gasteiger partial charge in [-0.3, -0.25) is 4.79 Å². The van der Waals surface area contributed by atoms with Crippen molar-refractivity contribution in [3.8, 4) is 11.4 Å². The Bertz CT molecular complexity index is 804. The topological polar surface area (TPSA) is 83.8 Å². The summed E-state index contributed by atoms with van der Waals surface area (Å²) in [5.41, 5.74) is 1.92. The van der Waals surface area contributed by atoms with Gasteiger partial charge in [0.15, 0.2) is 0 Å². The van der Waals surface area contributed by atoms with Crippen LogP contribution in [0.2, 0.25) is 0 Å². The first kappa shape index (κ1) is 15.3. The van der Waals surface area contributed by atoms with E-state index in [0.717, 1.165) is 16.5 Å². The largest absolute Gasteiger partial charge is 0.361 e. The molecule has 3 aromatic rings. The molecule has 2 N–H and O–H groups in total. The number of aromatic amines is 1. The Balaban J connectivity index is 1.62. The molecule has 2 aromatic heterocycles. The van der Waals surface area contributed by atoms with Crippen molar-refractivity contribution >= 4 is 16.8 Å². The number of aryl methyl sites for hydroxylation is 1. The van der Waals surface area contributed by atoms with Crippen molar-refractivity contribution in [2.24, 2.45) is 5.92 Å². The molecule has 1 aromatic carbocycles. The molecule has 6 nitrogen and oxygen atoms in total. The summed E-state index contributed by atoms with van der Waals surface area (Å²) < 4.78 is 5.24. The van der Waals surface area contributed by atoms with Gasteiger partial charge in [-0.05, 0) is 23.4 Å². The summed E-state index contributed by atoms with van der Waals surface area (Å²) in [7, 11) is 0. The van der Waals surface area contributed by atoms with Crippen molar-refractivity contribution in [3.63, 3.8) is 0 Å². The number of rotatable bonds is 6. The van der Waals surface area contributed by atoms with Crippen molar-refractivity contribution in [1.29, 1.82) is 0 Å². The van der Waals surface area contributed by atoms with E-state index >= 15 is 0 Å². The number of nitrogens with zero attached hydrogens (tertiary/aromatic N) is 2. The van der Waals surface area contributed by atoms with Gasteiger partial charge in [-0.1, -0.05) is 31.1 Å². The molecule has 0 aliphatic heterocycles. The van der Waals surface area contributed by atoms with Crippen LogP contribution in [0.1, 0.15) is 26.2 Å². The molecular weight excluding hydrogens is 292 g/mol. The van der Waals surface area contributed by atoms with Crippen LogP contribution in [0.15, 0.2) is 35.0 Å². The Morgan fingerprint density at radius 2 is 2.22 bits per heavy atom. The number of nitrogens with one attached hydrogen (secondary N) is 2. The lowest BCUT2D eigenvalue weighted by Gasteiger charge is -2.06. The molecule has 0 radical (unpaired) electrons. The zero-order valence-electron chi connectivity index (χ0n) is 13.3. The van der Waals surface area contributed by atoms with E-state index in [4.69, 9.17) is 4.52 Å². The molecule has 0 unspecified atom stereocenters. The normalized spacial score (nSPS) is 11.3. The number of benzene rings is 1. The third-order valence-corrected chi connectivity index (χ3v) is 3.55. The number of hydrogen-bond donors (Lipinski definition) is 2. The van der Waals surface area contributed by atoms with E-state index < -0.39 is 0 Å². The van der Waals surface area contributed by atoms with Crippen LogP contribution < -0.4 is 5.32 Å². The van der Waals surface area contributed by atoms with E-state index in [0.29, 0.717) is 37.0 Å². The van der Waals surface area contributed by atoms with Gasteiger partial charge in [-0.15, -0.1) is 0 Å². The van der Waals surface area contributed by atoms with E-state index in [1.807, 2.05) is 30.5 Å². The summed E-state index contributed by atoms with van der Waals surface area (Å²) in [5.74, 6) is 1.47. The number of hydrogen-bond acceptors (Lipinski definition) is 4. The van der Waals surface area contributed by atoms with Crippen LogP contribution in [-0.2, 0) is 11.2 Å². The van der Waals surface area contributed by atoms with Gasteiger partial charge in [0, 0.05) is 36.7 Å². The molecule has 0 bridgehead atoms. The van der Waals surface area contributed by atoms with Gasteiger partial charge in [0.1, 0.15) is 0 Å².